The Morgan fingerprint density at radius 3 is 2.15 bits per heavy atom. The minimum Gasteiger partial charge on any atom is -0.355 e. The Labute approximate surface area is 272 Å². The molecule has 1 amide bonds. The Morgan fingerprint density at radius 2 is 1.57 bits per heavy atom. The maximum atomic E-state index is 13.6. The molecule has 0 aliphatic heterocycles. The van der Waals surface area contributed by atoms with Gasteiger partial charge in [0.15, 0.2) is 0 Å². The standard InChI is InChI=1S/C30H29F3N4O.C6H14.C2H6/c1-4-8-26-35-25-16-20(34-29(38)21-10-5-6-11-23(21)30(31,32)33)15-22(28(25)37-26)27(19-13-14-19)36-24-12-7-9-17(2)18(24)3;1-5-6(2,3)4;1-2/h5-7,9-12,15-16,36H,4,8,13-14H2,1-3H3,(H,34,38)(H,35,37);5H2,1-4H3;1-2H3. The van der Waals surface area contributed by atoms with Crippen molar-refractivity contribution >= 4 is 34.0 Å². The van der Waals surface area contributed by atoms with Gasteiger partial charge in [0.1, 0.15) is 5.82 Å². The van der Waals surface area contributed by atoms with Crippen LogP contribution in [-0.4, -0.2) is 15.9 Å². The number of nitrogens with zero attached hydrogens (tertiary/aromatic N) is 1. The number of aromatic amines is 1. The largest absolute Gasteiger partial charge is 0.417 e. The number of carbonyl (C=O) groups is 1. The van der Waals surface area contributed by atoms with Crippen LogP contribution in [0, 0.1) is 19.3 Å². The molecule has 3 aromatic carbocycles. The number of fused-ring (bicyclic) bond motifs is 1. The molecule has 1 saturated carbocycles. The average molecular weight is 635 g/mol. The molecule has 1 aromatic heterocycles. The number of imidazole rings is 1. The molecule has 1 heterocycles. The molecule has 1 aliphatic carbocycles. The van der Waals surface area contributed by atoms with Crippen molar-refractivity contribution < 1.29 is 18.0 Å². The van der Waals surface area contributed by atoms with Gasteiger partial charge in [0, 0.05) is 29.1 Å². The summed E-state index contributed by atoms with van der Waals surface area (Å²) in [6.45, 7) is 19.1. The Balaban J connectivity index is 0.000000648. The van der Waals surface area contributed by atoms with Gasteiger partial charge in [0.25, 0.3) is 5.91 Å². The van der Waals surface area contributed by atoms with Crippen LogP contribution in [-0.2, 0) is 12.6 Å². The number of hydrogen-bond acceptors (Lipinski definition) is 3. The predicted octanol–water partition coefficient (Wildman–Crippen LogP) is 11.5. The van der Waals surface area contributed by atoms with E-state index in [9.17, 15) is 18.0 Å². The monoisotopic (exact) mass is 634 g/mol. The smallest absolute Gasteiger partial charge is 0.355 e. The quantitative estimate of drug-likeness (QED) is 0.189. The van der Waals surface area contributed by atoms with Crippen LogP contribution in [0.3, 0.4) is 0 Å². The number of amides is 1. The SMILES string of the molecule is CC.CCC(C)(C)C.CCCc1nc2c(C(Nc3cccc(C)c3C)=C3CC3)cc(NC(=O)c3ccccc3C(F)(F)F)cc2[nH]1. The topological polar surface area (TPSA) is 69.8 Å². The van der Waals surface area contributed by atoms with Gasteiger partial charge in [-0.2, -0.15) is 13.2 Å². The van der Waals surface area contributed by atoms with Crippen molar-refractivity contribution in [3.63, 3.8) is 0 Å². The van der Waals surface area contributed by atoms with Crippen molar-refractivity contribution in [1.29, 1.82) is 0 Å². The summed E-state index contributed by atoms with van der Waals surface area (Å²) in [6.07, 6.45) is 0.174. The number of aromatic nitrogens is 2. The third kappa shape index (κ3) is 9.47. The van der Waals surface area contributed by atoms with E-state index in [1.807, 2.05) is 26.0 Å². The summed E-state index contributed by atoms with van der Waals surface area (Å²) in [4.78, 5) is 21.2. The van der Waals surface area contributed by atoms with Gasteiger partial charge in [-0.3, -0.25) is 4.79 Å². The summed E-state index contributed by atoms with van der Waals surface area (Å²) in [6, 6.07) is 14.4. The molecule has 0 unspecified atom stereocenters. The maximum Gasteiger partial charge on any atom is 0.417 e. The second-order valence-corrected chi connectivity index (χ2v) is 12.6. The Bertz CT molecular complexity index is 1670. The zero-order valence-electron chi connectivity index (χ0n) is 28.7. The van der Waals surface area contributed by atoms with Crippen LogP contribution in [0.1, 0.15) is 113 Å². The molecule has 0 radical (unpaired) electrons. The minimum atomic E-state index is -4.64. The van der Waals surface area contributed by atoms with Crippen molar-refractivity contribution in [2.75, 3.05) is 10.6 Å². The van der Waals surface area contributed by atoms with Gasteiger partial charge in [-0.15, -0.1) is 0 Å². The summed E-state index contributed by atoms with van der Waals surface area (Å²) in [5.74, 6) is 0.00108. The van der Waals surface area contributed by atoms with Crippen molar-refractivity contribution in [3.05, 3.63) is 93.8 Å². The van der Waals surface area contributed by atoms with Gasteiger partial charge in [-0.1, -0.05) is 79.2 Å². The number of rotatable bonds is 7. The Kier molecular flexibility index (Phi) is 12.2. The van der Waals surface area contributed by atoms with E-state index in [2.05, 4.69) is 70.2 Å². The highest BCUT2D eigenvalue weighted by Gasteiger charge is 2.35. The number of allylic oxidation sites excluding steroid dienone is 1. The van der Waals surface area contributed by atoms with Gasteiger partial charge in [0.2, 0.25) is 0 Å². The number of H-pyrrole nitrogens is 1. The van der Waals surface area contributed by atoms with E-state index in [4.69, 9.17) is 4.98 Å². The molecule has 4 aromatic rings. The van der Waals surface area contributed by atoms with Gasteiger partial charge in [0.05, 0.1) is 22.2 Å². The van der Waals surface area contributed by atoms with Gasteiger partial charge < -0.3 is 15.6 Å². The first-order valence-corrected chi connectivity index (χ1v) is 16.3. The Hall–Kier alpha value is -4.07. The lowest BCUT2D eigenvalue weighted by atomic mass is 9.94. The summed E-state index contributed by atoms with van der Waals surface area (Å²) in [7, 11) is 0. The highest BCUT2D eigenvalue weighted by atomic mass is 19.4. The normalized spacial score (nSPS) is 12.5. The van der Waals surface area contributed by atoms with Gasteiger partial charge in [-0.25, -0.2) is 4.98 Å². The van der Waals surface area contributed by atoms with Crippen molar-refractivity contribution in [2.24, 2.45) is 5.41 Å². The average Bonchev–Trinajstić information content (AvgIpc) is 3.77. The molecule has 0 atom stereocenters. The summed E-state index contributed by atoms with van der Waals surface area (Å²) >= 11 is 0. The van der Waals surface area contributed by atoms with Gasteiger partial charge in [-0.05, 0) is 85.6 Å². The molecule has 0 spiro atoms. The van der Waals surface area contributed by atoms with Crippen LogP contribution in [0.2, 0.25) is 0 Å². The summed E-state index contributed by atoms with van der Waals surface area (Å²) < 4.78 is 40.7. The number of halogens is 3. The highest BCUT2D eigenvalue weighted by Crippen LogP contribution is 2.41. The third-order valence-corrected chi connectivity index (χ3v) is 7.91. The van der Waals surface area contributed by atoms with E-state index >= 15 is 0 Å². The second-order valence-electron chi connectivity index (χ2n) is 12.6. The lowest BCUT2D eigenvalue weighted by Gasteiger charge is -2.17. The van der Waals surface area contributed by atoms with Crippen LogP contribution >= 0.6 is 0 Å². The molecule has 248 valence electrons. The number of benzene rings is 3. The molecule has 5 nitrogen and oxygen atoms in total. The fraction of sp³-hybridized carbons (Fsp3) is 0.421. The maximum absolute atomic E-state index is 13.6. The molecule has 8 heteroatoms. The fourth-order valence-corrected chi connectivity index (χ4v) is 4.59. The molecule has 1 fully saturated rings. The van der Waals surface area contributed by atoms with Crippen molar-refractivity contribution in [3.8, 4) is 0 Å². The van der Waals surface area contributed by atoms with Gasteiger partial charge >= 0.3 is 6.18 Å². The molecule has 0 bridgehead atoms. The lowest BCUT2D eigenvalue weighted by molar-refractivity contribution is -0.137. The van der Waals surface area contributed by atoms with Crippen molar-refractivity contribution in [1.82, 2.24) is 9.97 Å². The molecular weight excluding hydrogens is 585 g/mol. The highest BCUT2D eigenvalue weighted by molar-refractivity contribution is 6.07. The molecule has 3 N–H and O–H groups in total. The summed E-state index contributed by atoms with van der Waals surface area (Å²) in [5, 5.41) is 6.31. The van der Waals surface area contributed by atoms with E-state index < -0.39 is 23.2 Å². The van der Waals surface area contributed by atoms with E-state index in [0.717, 1.165) is 71.2 Å². The lowest BCUT2D eigenvalue weighted by Crippen LogP contribution is -2.18. The van der Waals surface area contributed by atoms with Crippen LogP contribution in [0.4, 0.5) is 24.5 Å². The molecule has 46 heavy (non-hydrogen) atoms. The summed E-state index contributed by atoms with van der Waals surface area (Å²) in [5.41, 5.74) is 7.24. The molecule has 5 rings (SSSR count). The van der Waals surface area contributed by atoms with E-state index in [-0.39, 0.29) is 0 Å². The minimum absolute atomic E-state index is 0.391. The molecular formula is C38H49F3N4O. The predicted molar refractivity (Wildman–Crippen MR) is 186 cm³/mol. The third-order valence-electron chi connectivity index (χ3n) is 7.91. The number of alkyl halides is 3. The first kappa shape index (κ1) is 36.4. The first-order chi connectivity index (χ1) is 21.7. The Morgan fingerprint density at radius 1 is 0.913 bits per heavy atom. The van der Waals surface area contributed by atoms with E-state index in [1.165, 1.54) is 30.2 Å². The number of hydrogen-bond donors (Lipinski definition) is 3. The number of carbonyl (C=O) groups excluding carboxylic acids is 1. The number of nitrogens with one attached hydrogen (secondary N) is 3. The zero-order valence-corrected chi connectivity index (χ0v) is 28.7. The fourth-order valence-electron chi connectivity index (χ4n) is 4.59. The van der Waals surface area contributed by atoms with Crippen LogP contribution in [0.25, 0.3) is 16.7 Å². The molecule has 0 saturated heterocycles. The van der Waals surface area contributed by atoms with Crippen LogP contribution < -0.4 is 10.6 Å². The number of aryl methyl sites for hydroxylation is 2. The van der Waals surface area contributed by atoms with E-state index in [0.29, 0.717) is 16.6 Å². The second kappa shape index (κ2) is 15.5. The van der Waals surface area contributed by atoms with E-state index in [1.54, 1.807) is 12.1 Å². The van der Waals surface area contributed by atoms with Crippen LogP contribution in [0.15, 0.2) is 60.2 Å². The zero-order chi connectivity index (χ0) is 34.2. The molecule has 1 aliphatic rings. The number of anilines is 2. The van der Waals surface area contributed by atoms with Crippen molar-refractivity contribution in [2.45, 2.75) is 101 Å². The van der Waals surface area contributed by atoms with Crippen LogP contribution in [0.5, 0.6) is 0 Å². The first-order valence-electron chi connectivity index (χ1n) is 16.3.